The van der Waals surface area contributed by atoms with Gasteiger partial charge in [0.15, 0.2) is 6.29 Å². The van der Waals surface area contributed by atoms with Crippen molar-refractivity contribution in [2.45, 2.75) is 20.1 Å². The lowest BCUT2D eigenvalue weighted by molar-refractivity contribution is -0.152. The predicted octanol–water partition coefficient (Wildman–Crippen LogP) is 4.26. The van der Waals surface area contributed by atoms with Gasteiger partial charge in [-0.25, -0.2) is 0 Å². The highest BCUT2D eigenvalue weighted by atomic mass is 16.7. The van der Waals surface area contributed by atoms with Gasteiger partial charge in [0, 0.05) is 13.2 Å². The van der Waals surface area contributed by atoms with Crippen LogP contribution in [0.2, 0.25) is 0 Å². The Hall–Kier alpha value is -2.04. The molecule has 4 heteroatoms. The first-order valence-electron chi connectivity index (χ1n) is 7.50. The number of benzene rings is 2. The highest BCUT2D eigenvalue weighted by Crippen LogP contribution is 2.23. The Bertz CT molecular complexity index is 519. The SMILES string of the molecule is CCOC(COc1ccc(Oc2ccccc2)cc1)OCC. The normalized spacial score (nSPS) is 10.7. The van der Waals surface area contributed by atoms with Crippen molar-refractivity contribution < 1.29 is 18.9 Å². The molecule has 0 fully saturated rings. The van der Waals surface area contributed by atoms with Gasteiger partial charge in [0.2, 0.25) is 0 Å². The lowest BCUT2D eigenvalue weighted by Gasteiger charge is -2.17. The summed E-state index contributed by atoms with van der Waals surface area (Å²) in [5.41, 5.74) is 0. The zero-order chi connectivity index (χ0) is 15.6. The molecule has 0 N–H and O–H groups in total. The van der Waals surface area contributed by atoms with Crippen LogP contribution in [0.5, 0.6) is 17.2 Å². The van der Waals surface area contributed by atoms with Gasteiger partial charge in [0.05, 0.1) is 0 Å². The molecule has 0 saturated carbocycles. The van der Waals surface area contributed by atoms with E-state index in [-0.39, 0.29) is 6.29 Å². The molecule has 0 saturated heterocycles. The van der Waals surface area contributed by atoms with E-state index in [1.54, 1.807) is 0 Å². The lowest BCUT2D eigenvalue weighted by Crippen LogP contribution is -2.25. The summed E-state index contributed by atoms with van der Waals surface area (Å²) in [4.78, 5) is 0. The highest BCUT2D eigenvalue weighted by molar-refractivity contribution is 5.35. The molecule has 0 amide bonds. The Balaban J connectivity index is 1.86. The van der Waals surface area contributed by atoms with E-state index in [1.807, 2.05) is 68.4 Å². The van der Waals surface area contributed by atoms with E-state index in [2.05, 4.69) is 0 Å². The van der Waals surface area contributed by atoms with Crippen molar-refractivity contribution in [1.29, 1.82) is 0 Å². The molecule has 0 aliphatic rings. The van der Waals surface area contributed by atoms with Crippen molar-refractivity contribution in [2.75, 3.05) is 19.8 Å². The molecule has 0 radical (unpaired) electrons. The van der Waals surface area contributed by atoms with Crippen molar-refractivity contribution >= 4 is 0 Å². The molecule has 2 aromatic carbocycles. The maximum Gasteiger partial charge on any atom is 0.191 e. The molecular formula is C18H22O4. The summed E-state index contributed by atoms with van der Waals surface area (Å²) in [5, 5.41) is 0. The average Bonchev–Trinajstić information content (AvgIpc) is 2.55. The number of hydrogen-bond acceptors (Lipinski definition) is 4. The molecular weight excluding hydrogens is 280 g/mol. The fourth-order valence-electron chi connectivity index (χ4n) is 1.91. The number of para-hydroxylation sites is 1. The fourth-order valence-corrected chi connectivity index (χ4v) is 1.91. The lowest BCUT2D eigenvalue weighted by atomic mass is 10.3. The summed E-state index contributed by atoms with van der Waals surface area (Å²) in [5.74, 6) is 2.33. The second-order valence-electron chi connectivity index (χ2n) is 4.54. The van der Waals surface area contributed by atoms with Gasteiger partial charge in [-0.3, -0.25) is 0 Å². The third-order valence-corrected chi connectivity index (χ3v) is 2.89. The van der Waals surface area contributed by atoms with E-state index in [1.165, 1.54) is 0 Å². The Morgan fingerprint density at radius 1 is 0.727 bits per heavy atom. The smallest absolute Gasteiger partial charge is 0.191 e. The van der Waals surface area contributed by atoms with Crippen molar-refractivity contribution in [2.24, 2.45) is 0 Å². The molecule has 0 heterocycles. The Labute approximate surface area is 131 Å². The van der Waals surface area contributed by atoms with Crippen molar-refractivity contribution in [1.82, 2.24) is 0 Å². The molecule has 4 nitrogen and oxygen atoms in total. The molecule has 118 valence electrons. The molecule has 0 spiro atoms. The highest BCUT2D eigenvalue weighted by Gasteiger charge is 2.08. The van der Waals surface area contributed by atoms with Gasteiger partial charge >= 0.3 is 0 Å². The largest absolute Gasteiger partial charge is 0.488 e. The first-order chi connectivity index (χ1) is 10.8. The molecule has 22 heavy (non-hydrogen) atoms. The van der Waals surface area contributed by atoms with Crippen molar-refractivity contribution in [3.63, 3.8) is 0 Å². The molecule has 0 aliphatic heterocycles. The summed E-state index contributed by atoms with van der Waals surface area (Å²) >= 11 is 0. The standard InChI is InChI=1S/C18H22O4/c1-3-19-18(20-4-2)14-21-15-10-12-17(13-11-15)22-16-8-6-5-7-9-16/h5-13,18H,3-4,14H2,1-2H3. The molecule has 0 unspecified atom stereocenters. The zero-order valence-corrected chi connectivity index (χ0v) is 13.0. The topological polar surface area (TPSA) is 36.9 Å². The molecule has 2 aromatic rings. The van der Waals surface area contributed by atoms with Crippen LogP contribution in [0.15, 0.2) is 54.6 Å². The van der Waals surface area contributed by atoms with Crippen LogP contribution in [-0.4, -0.2) is 26.1 Å². The second kappa shape index (κ2) is 9.07. The molecule has 0 aromatic heterocycles. The monoisotopic (exact) mass is 302 g/mol. The van der Waals surface area contributed by atoms with Crippen LogP contribution in [-0.2, 0) is 9.47 Å². The van der Waals surface area contributed by atoms with Crippen LogP contribution in [0, 0.1) is 0 Å². The Morgan fingerprint density at radius 2 is 1.27 bits per heavy atom. The number of ether oxygens (including phenoxy) is 4. The van der Waals surface area contributed by atoms with E-state index in [0.717, 1.165) is 17.2 Å². The van der Waals surface area contributed by atoms with Gasteiger partial charge < -0.3 is 18.9 Å². The molecule has 0 bridgehead atoms. The van der Waals surface area contributed by atoms with E-state index < -0.39 is 0 Å². The average molecular weight is 302 g/mol. The number of rotatable bonds is 9. The van der Waals surface area contributed by atoms with Gasteiger partial charge in [0.25, 0.3) is 0 Å². The van der Waals surface area contributed by atoms with Gasteiger partial charge in [-0.1, -0.05) is 18.2 Å². The van der Waals surface area contributed by atoms with Gasteiger partial charge in [-0.15, -0.1) is 0 Å². The Morgan fingerprint density at radius 3 is 1.86 bits per heavy atom. The second-order valence-corrected chi connectivity index (χ2v) is 4.54. The summed E-state index contributed by atoms with van der Waals surface area (Å²) in [6.45, 7) is 5.42. The van der Waals surface area contributed by atoms with E-state index in [9.17, 15) is 0 Å². The van der Waals surface area contributed by atoms with Crippen LogP contribution >= 0.6 is 0 Å². The summed E-state index contributed by atoms with van der Waals surface area (Å²) in [6.07, 6.45) is -0.338. The van der Waals surface area contributed by atoms with Crippen LogP contribution in [0.4, 0.5) is 0 Å². The van der Waals surface area contributed by atoms with Crippen LogP contribution in [0.3, 0.4) is 0 Å². The fraction of sp³-hybridized carbons (Fsp3) is 0.333. The predicted molar refractivity (Wildman–Crippen MR) is 85.5 cm³/mol. The zero-order valence-electron chi connectivity index (χ0n) is 13.0. The van der Waals surface area contributed by atoms with Gasteiger partial charge in [0.1, 0.15) is 23.9 Å². The van der Waals surface area contributed by atoms with Crippen LogP contribution < -0.4 is 9.47 Å². The summed E-state index contributed by atoms with van der Waals surface area (Å²) < 4.78 is 22.3. The third kappa shape index (κ3) is 5.39. The first-order valence-corrected chi connectivity index (χ1v) is 7.50. The van der Waals surface area contributed by atoms with Crippen LogP contribution in [0.1, 0.15) is 13.8 Å². The maximum atomic E-state index is 5.73. The molecule has 2 rings (SSSR count). The quantitative estimate of drug-likeness (QED) is 0.649. The summed E-state index contributed by atoms with van der Waals surface area (Å²) in [7, 11) is 0. The van der Waals surface area contributed by atoms with E-state index >= 15 is 0 Å². The van der Waals surface area contributed by atoms with Crippen LogP contribution in [0.25, 0.3) is 0 Å². The minimum atomic E-state index is -0.338. The maximum absolute atomic E-state index is 5.73. The van der Waals surface area contributed by atoms with Gasteiger partial charge in [-0.2, -0.15) is 0 Å². The van der Waals surface area contributed by atoms with E-state index in [4.69, 9.17) is 18.9 Å². The van der Waals surface area contributed by atoms with Crippen molar-refractivity contribution in [3.8, 4) is 17.2 Å². The minimum absolute atomic E-state index is 0.338. The summed E-state index contributed by atoms with van der Waals surface area (Å²) in [6, 6.07) is 17.1. The number of hydrogen-bond donors (Lipinski definition) is 0. The van der Waals surface area contributed by atoms with Gasteiger partial charge in [-0.05, 0) is 50.2 Å². The Kier molecular flexibility index (Phi) is 6.74. The van der Waals surface area contributed by atoms with E-state index in [0.29, 0.717) is 19.8 Å². The molecule has 0 atom stereocenters. The third-order valence-electron chi connectivity index (χ3n) is 2.89. The first kappa shape index (κ1) is 16.3. The van der Waals surface area contributed by atoms with Crippen molar-refractivity contribution in [3.05, 3.63) is 54.6 Å². The molecule has 0 aliphatic carbocycles. The minimum Gasteiger partial charge on any atom is -0.488 e.